The Morgan fingerprint density at radius 1 is 1.22 bits per heavy atom. The number of rotatable bonds is 4. The molecule has 5 heteroatoms. The third-order valence-corrected chi connectivity index (χ3v) is 4.11. The quantitative estimate of drug-likeness (QED) is 0.940. The third-order valence-electron chi connectivity index (χ3n) is 4.11. The van der Waals surface area contributed by atoms with Gasteiger partial charge in [-0.05, 0) is 12.1 Å². The van der Waals surface area contributed by atoms with Gasteiger partial charge in [0.15, 0.2) is 0 Å². The van der Waals surface area contributed by atoms with E-state index in [0.717, 1.165) is 54.7 Å². The van der Waals surface area contributed by atoms with Gasteiger partial charge in [-0.2, -0.15) is 0 Å². The van der Waals surface area contributed by atoms with E-state index < -0.39 is 0 Å². The van der Waals surface area contributed by atoms with Crippen molar-refractivity contribution in [2.75, 3.05) is 38.2 Å². The average molecular weight is 312 g/mol. The third kappa shape index (κ3) is 3.45. The lowest BCUT2D eigenvalue weighted by atomic mass is 10.1. The summed E-state index contributed by atoms with van der Waals surface area (Å²) in [6.45, 7) is 8.17. The first kappa shape index (κ1) is 15.7. The van der Waals surface area contributed by atoms with Crippen molar-refractivity contribution in [3.05, 3.63) is 36.3 Å². The Bertz CT molecular complexity index is 666. The van der Waals surface area contributed by atoms with Gasteiger partial charge in [0.25, 0.3) is 0 Å². The Morgan fingerprint density at radius 3 is 2.70 bits per heavy atom. The second-order valence-electron chi connectivity index (χ2n) is 6.09. The normalized spacial score (nSPS) is 15.0. The summed E-state index contributed by atoms with van der Waals surface area (Å²) in [6.07, 6.45) is 1.97. The van der Waals surface area contributed by atoms with Gasteiger partial charge >= 0.3 is 0 Å². The molecular weight excluding hydrogens is 288 g/mol. The van der Waals surface area contributed by atoms with Crippen LogP contribution in [-0.2, 0) is 0 Å². The molecule has 1 N–H and O–H groups in total. The van der Waals surface area contributed by atoms with E-state index in [1.54, 1.807) is 7.11 Å². The van der Waals surface area contributed by atoms with E-state index in [1.165, 1.54) is 0 Å². The maximum Gasteiger partial charge on any atom is 0.131 e. The smallest absolute Gasteiger partial charge is 0.131 e. The number of piperazine rings is 1. The number of ether oxygens (including phenoxy) is 1. The van der Waals surface area contributed by atoms with E-state index in [0.29, 0.717) is 5.92 Å². The van der Waals surface area contributed by atoms with Crippen molar-refractivity contribution in [1.29, 1.82) is 0 Å². The van der Waals surface area contributed by atoms with Crippen LogP contribution in [0.15, 0.2) is 30.5 Å². The van der Waals surface area contributed by atoms with Crippen molar-refractivity contribution in [3.63, 3.8) is 0 Å². The summed E-state index contributed by atoms with van der Waals surface area (Å²) in [5.41, 5.74) is 3.16. The zero-order valence-corrected chi connectivity index (χ0v) is 14.0. The highest BCUT2D eigenvalue weighted by Crippen LogP contribution is 2.31. The van der Waals surface area contributed by atoms with Gasteiger partial charge in [0.05, 0.1) is 24.7 Å². The summed E-state index contributed by atoms with van der Waals surface area (Å²) in [4.78, 5) is 11.8. The van der Waals surface area contributed by atoms with E-state index in [1.807, 2.05) is 24.4 Å². The fourth-order valence-electron chi connectivity index (χ4n) is 2.79. The number of anilines is 1. The monoisotopic (exact) mass is 312 g/mol. The van der Waals surface area contributed by atoms with Gasteiger partial charge in [0, 0.05) is 37.7 Å². The second-order valence-corrected chi connectivity index (χ2v) is 6.09. The Labute approximate surface area is 137 Å². The van der Waals surface area contributed by atoms with Crippen molar-refractivity contribution in [3.8, 4) is 17.0 Å². The zero-order chi connectivity index (χ0) is 16.2. The van der Waals surface area contributed by atoms with Crippen LogP contribution in [0.3, 0.4) is 0 Å². The van der Waals surface area contributed by atoms with Crippen LogP contribution in [0.25, 0.3) is 11.3 Å². The summed E-state index contributed by atoms with van der Waals surface area (Å²) in [6, 6.07) is 8.09. The Kier molecular flexibility index (Phi) is 4.76. The molecule has 2 aromatic rings. The number of methoxy groups -OCH3 is 1. The van der Waals surface area contributed by atoms with Crippen LogP contribution >= 0.6 is 0 Å². The number of nitrogens with zero attached hydrogens (tertiary/aromatic N) is 3. The molecule has 1 fully saturated rings. The van der Waals surface area contributed by atoms with Crippen molar-refractivity contribution in [2.24, 2.45) is 0 Å². The molecule has 3 rings (SSSR count). The largest absolute Gasteiger partial charge is 0.497 e. The summed E-state index contributed by atoms with van der Waals surface area (Å²) in [7, 11) is 1.69. The molecule has 0 aliphatic carbocycles. The molecule has 1 aromatic carbocycles. The van der Waals surface area contributed by atoms with Gasteiger partial charge in [-0.3, -0.25) is 0 Å². The van der Waals surface area contributed by atoms with Gasteiger partial charge in [-0.25, -0.2) is 9.97 Å². The second kappa shape index (κ2) is 6.96. The highest BCUT2D eigenvalue weighted by atomic mass is 16.5. The molecule has 0 amide bonds. The molecule has 0 bridgehead atoms. The highest BCUT2D eigenvalue weighted by Gasteiger charge is 2.18. The van der Waals surface area contributed by atoms with Crippen LogP contribution in [-0.4, -0.2) is 43.3 Å². The minimum absolute atomic E-state index is 0.302. The zero-order valence-electron chi connectivity index (χ0n) is 14.0. The van der Waals surface area contributed by atoms with Crippen LogP contribution in [0.1, 0.15) is 25.6 Å². The van der Waals surface area contributed by atoms with Gasteiger partial charge in [0.2, 0.25) is 0 Å². The number of hydrogen-bond donors (Lipinski definition) is 1. The fraction of sp³-hybridized carbons (Fsp3) is 0.444. The predicted octanol–water partition coefficient (Wildman–Crippen LogP) is 2.69. The van der Waals surface area contributed by atoms with Crippen molar-refractivity contribution >= 4 is 5.69 Å². The molecule has 0 radical (unpaired) electrons. The SMILES string of the molecule is COc1cccc(-c2nc(C(C)C)ncc2N2CCNCC2)c1. The highest BCUT2D eigenvalue weighted by molar-refractivity contribution is 5.75. The molecular formula is C18H24N4O. The average Bonchev–Trinajstić information content (AvgIpc) is 2.62. The number of hydrogen-bond acceptors (Lipinski definition) is 5. The summed E-state index contributed by atoms with van der Waals surface area (Å²) in [5, 5.41) is 3.39. The van der Waals surface area contributed by atoms with Gasteiger partial charge in [-0.1, -0.05) is 26.0 Å². The molecule has 0 unspecified atom stereocenters. The molecule has 1 aliphatic heterocycles. The minimum atomic E-state index is 0.302. The molecule has 1 saturated heterocycles. The van der Waals surface area contributed by atoms with E-state index in [4.69, 9.17) is 9.72 Å². The van der Waals surface area contributed by atoms with Gasteiger partial charge in [-0.15, -0.1) is 0 Å². The molecule has 23 heavy (non-hydrogen) atoms. The number of benzene rings is 1. The number of nitrogens with one attached hydrogen (secondary N) is 1. The lowest BCUT2D eigenvalue weighted by molar-refractivity contribution is 0.415. The first-order valence-electron chi connectivity index (χ1n) is 8.16. The van der Waals surface area contributed by atoms with Crippen molar-refractivity contribution < 1.29 is 4.74 Å². The topological polar surface area (TPSA) is 50.3 Å². The van der Waals surface area contributed by atoms with Crippen LogP contribution in [0.2, 0.25) is 0 Å². The number of aromatic nitrogens is 2. The van der Waals surface area contributed by atoms with E-state index in [-0.39, 0.29) is 0 Å². The van der Waals surface area contributed by atoms with Crippen LogP contribution in [0.4, 0.5) is 5.69 Å². The maximum absolute atomic E-state index is 5.37. The Balaban J connectivity index is 2.08. The lowest BCUT2D eigenvalue weighted by Crippen LogP contribution is -2.43. The molecule has 1 aliphatic rings. The van der Waals surface area contributed by atoms with Crippen molar-refractivity contribution in [1.82, 2.24) is 15.3 Å². The van der Waals surface area contributed by atoms with Crippen LogP contribution < -0.4 is 15.0 Å². The summed E-state index contributed by atoms with van der Waals surface area (Å²) in [5.74, 6) is 2.02. The minimum Gasteiger partial charge on any atom is -0.497 e. The van der Waals surface area contributed by atoms with Gasteiger partial charge < -0.3 is 15.0 Å². The lowest BCUT2D eigenvalue weighted by Gasteiger charge is -2.30. The Morgan fingerprint density at radius 2 is 2.00 bits per heavy atom. The first-order valence-corrected chi connectivity index (χ1v) is 8.16. The van der Waals surface area contributed by atoms with E-state index >= 15 is 0 Å². The Hall–Kier alpha value is -2.14. The fourth-order valence-corrected chi connectivity index (χ4v) is 2.79. The predicted molar refractivity (Wildman–Crippen MR) is 93.2 cm³/mol. The molecule has 0 spiro atoms. The standard InChI is InChI=1S/C18H24N4O/c1-13(2)18-20-12-16(22-9-7-19-8-10-22)17(21-18)14-5-4-6-15(11-14)23-3/h4-6,11-13,19H,7-10H2,1-3H3. The van der Waals surface area contributed by atoms with Crippen molar-refractivity contribution in [2.45, 2.75) is 19.8 Å². The van der Waals surface area contributed by atoms with Crippen LogP contribution in [0, 0.1) is 0 Å². The summed E-state index contributed by atoms with van der Waals surface area (Å²) < 4.78 is 5.37. The van der Waals surface area contributed by atoms with Crippen LogP contribution in [0.5, 0.6) is 5.75 Å². The molecule has 5 nitrogen and oxygen atoms in total. The molecule has 2 heterocycles. The molecule has 0 saturated carbocycles. The van der Waals surface area contributed by atoms with E-state index in [2.05, 4.69) is 35.1 Å². The summed E-state index contributed by atoms with van der Waals surface area (Å²) >= 11 is 0. The molecule has 0 atom stereocenters. The molecule has 122 valence electrons. The van der Waals surface area contributed by atoms with E-state index in [9.17, 15) is 0 Å². The van der Waals surface area contributed by atoms with Gasteiger partial charge in [0.1, 0.15) is 11.6 Å². The first-order chi connectivity index (χ1) is 11.2. The maximum atomic E-state index is 5.37. The molecule has 1 aromatic heterocycles.